The summed E-state index contributed by atoms with van der Waals surface area (Å²) < 4.78 is 16.9. The number of hydrogen-bond donors (Lipinski definition) is 2. The lowest BCUT2D eigenvalue weighted by Gasteiger charge is -2.46. The molecule has 2 aliphatic heterocycles. The molecular formula is C13H26N2O3. The Hall–Kier alpha value is -0.200. The quantitative estimate of drug-likeness (QED) is 0.577. The van der Waals surface area contributed by atoms with Crippen LogP contribution in [0.15, 0.2) is 0 Å². The van der Waals surface area contributed by atoms with Crippen LogP contribution in [-0.4, -0.2) is 44.7 Å². The van der Waals surface area contributed by atoms with Crippen molar-refractivity contribution in [3.8, 4) is 0 Å². The second kappa shape index (κ2) is 6.30. The maximum atomic E-state index is 6.06. The van der Waals surface area contributed by atoms with E-state index in [0.29, 0.717) is 5.92 Å². The summed E-state index contributed by atoms with van der Waals surface area (Å²) in [6.07, 6.45) is 4.23. The van der Waals surface area contributed by atoms with E-state index in [-0.39, 0.29) is 17.7 Å². The van der Waals surface area contributed by atoms with E-state index in [0.717, 1.165) is 45.5 Å². The van der Waals surface area contributed by atoms with Gasteiger partial charge in [-0.3, -0.25) is 11.3 Å². The Balaban J connectivity index is 2.00. The van der Waals surface area contributed by atoms with Crippen molar-refractivity contribution in [3.05, 3.63) is 0 Å². The molecule has 0 amide bonds. The van der Waals surface area contributed by atoms with Crippen LogP contribution in [0.4, 0.5) is 0 Å². The molecule has 0 aliphatic carbocycles. The maximum Gasteiger partial charge on any atom is 0.0729 e. The third-order valence-electron chi connectivity index (χ3n) is 4.51. The molecule has 3 atom stereocenters. The van der Waals surface area contributed by atoms with Gasteiger partial charge in [0, 0.05) is 33.0 Å². The van der Waals surface area contributed by atoms with E-state index in [1.165, 1.54) is 0 Å². The molecule has 0 aromatic carbocycles. The van der Waals surface area contributed by atoms with Gasteiger partial charge in [0.05, 0.1) is 11.7 Å². The zero-order valence-corrected chi connectivity index (χ0v) is 11.5. The Morgan fingerprint density at radius 3 is 2.67 bits per heavy atom. The zero-order valence-electron chi connectivity index (χ0n) is 11.5. The van der Waals surface area contributed by atoms with Crippen molar-refractivity contribution in [1.29, 1.82) is 0 Å². The number of rotatable bonds is 4. The van der Waals surface area contributed by atoms with Gasteiger partial charge < -0.3 is 14.2 Å². The van der Waals surface area contributed by atoms with Gasteiger partial charge in [-0.1, -0.05) is 0 Å². The molecule has 5 heteroatoms. The summed E-state index contributed by atoms with van der Waals surface area (Å²) in [5.74, 6) is 6.21. The standard InChI is InChI=1S/C13H26N2O3/c1-10(16-2)12(15-14)11-3-6-18-13(9-11)4-7-17-8-5-13/h10-12,15H,3-9,14H2,1-2H3. The van der Waals surface area contributed by atoms with Crippen LogP contribution in [0, 0.1) is 5.92 Å². The molecule has 2 heterocycles. The average molecular weight is 258 g/mol. The van der Waals surface area contributed by atoms with Gasteiger partial charge in [-0.25, -0.2) is 0 Å². The number of hydrazine groups is 1. The van der Waals surface area contributed by atoms with Crippen LogP contribution in [0.25, 0.3) is 0 Å². The van der Waals surface area contributed by atoms with Crippen molar-refractivity contribution in [2.45, 2.75) is 50.4 Å². The van der Waals surface area contributed by atoms with E-state index in [1.807, 2.05) is 0 Å². The molecule has 106 valence electrons. The van der Waals surface area contributed by atoms with Gasteiger partial charge in [0.15, 0.2) is 0 Å². The minimum absolute atomic E-state index is 0.0176. The van der Waals surface area contributed by atoms with Crippen LogP contribution >= 0.6 is 0 Å². The molecule has 0 saturated carbocycles. The highest BCUT2D eigenvalue weighted by atomic mass is 16.5. The molecular weight excluding hydrogens is 232 g/mol. The summed E-state index contributed by atoms with van der Waals surface area (Å²) in [6.45, 7) is 4.51. The number of nitrogens with two attached hydrogens (primary N) is 1. The van der Waals surface area contributed by atoms with Gasteiger partial charge in [-0.15, -0.1) is 0 Å². The summed E-state index contributed by atoms with van der Waals surface area (Å²) in [5.41, 5.74) is 2.95. The highest BCUT2D eigenvalue weighted by Gasteiger charge is 2.42. The Labute approximate surface area is 109 Å². The first kappa shape index (κ1) is 14.2. The number of ether oxygens (including phenoxy) is 3. The second-order valence-corrected chi connectivity index (χ2v) is 5.53. The molecule has 0 aromatic heterocycles. The predicted octanol–water partition coefficient (Wildman–Crippen LogP) is 0.829. The third-order valence-corrected chi connectivity index (χ3v) is 4.51. The SMILES string of the molecule is COC(C)C(NN)C1CCOC2(CCOCC2)C1. The molecule has 0 aromatic rings. The summed E-state index contributed by atoms with van der Waals surface area (Å²) >= 11 is 0. The van der Waals surface area contributed by atoms with E-state index in [9.17, 15) is 0 Å². The smallest absolute Gasteiger partial charge is 0.0729 e. The molecule has 5 nitrogen and oxygen atoms in total. The van der Waals surface area contributed by atoms with Gasteiger partial charge in [-0.2, -0.15) is 0 Å². The van der Waals surface area contributed by atoms with Crippen LogP contribution in [0.1, 0.15) is 32.6 Å². The summed E-state index contributed by atoms with van der Waals surface area (Å²) in [4.78, 5) is 0. The molecule has 2 fully saturated rings. The highest BCUT2D eigenvalue weighted by molar-refractivity contribution is 4.93. The first-order valence-corrected chi connectivity index (χ1v) is 6.91. The zero-order chi connectivity index (χ0) is 13.0. The Morgan fingerprint density at radius 1 is 1.33 bits per heavy atom. The van der Waals surface area contributed by atoms with E-state index in [2.05, 4.69) is 12.3 Å². The van der Waals surface area contributed by atoms with Crippen LogP contribution < -0.4 is 11.3 Å². The Morgan fingerprint density at radius 2 is 2.06 bits per heavy atom. The van der Waals surface area contributed by atoms with Gasteiger partial charge in [0.25, 0.3) is 0 Å². The van der Waals surface area contributed by atoms with E-state index >= 15 is 0 Å². The lowest BCUT2D eigenvalue weighted by molar-refractivity contribution is -0.154. The van der Waals surface area contributed by atoms with Crippen molar-refractivity contribution in [2.75, 3.05) is 26.9 Å². The number of nitrogens with one attached hydrogen (secondary N) is 1. The van der Waals surface area contributed by atoms with Crippen molar-refractivity contribution < 1.29 is 14.2 Å². The highest BCUT2D eigenvalue weighted by Crippen LogP contribution is 2.38. The minimum atomic E-state index is 0.0176. The minimum Gasteiger partial charge on any atom is -0.381 e. The molecule has 0 bridgehead atoms. The molecule has 0 radical (unpaired) electrons. The molecule has 3 unspecified atom stereocenters. The largest absolute Gasteiger partial charge is 0.381 e. The maximum absolute atomic E-state index is 6.06. The van der Waals surface area contributed by atoms with Crippen molar-refractivity contribution in [2.24, 2.45) is 11.8 Å². The van der Waals surface area contributed by atoms with E-state index in [1.54, 1.807) is 7.11 Å². The molecule has 2 rings (SSSR count). The molecule has 2 saturated heterocycles. The predicted molar refractivity (Wildman–Crippen MR) is 69.0 cm³/mol. The van der Waals surface area contributed by atoms with E-state index in [4.69, 9.17) is 20.1 Å². The Bertz CT molecular complexity index is 251. The average Bonchev–Trinajstić information content (AvgIpc) is 2.40. The Kier molecular flexibility index (Phi) is 4.98. The van der Waals surface area contributed by atoms with Gasteiger partial charge in [0.1, 0.15) is 0 Å². The van der Waals surface area contributed by atoms with Crippen molar-refractivity contribution in [1.82, 2.24) is 5.43 Å². The van der Waals surface area contributed by atoms with Crippen LogP contribution in [-0.2, 0) is 14.2 Å². The summed E-state index contributed by atoms with van der Waals surface area (Å²) in [5, 5.41) is 0. The van der Waals surface area contributed by atoms with Crippen molar-refractivity contribution >= 4 is 0 Å². The molecule has 3 N–H and O–H groups in total. The van der Waals surface area contributed by atoms with Crippen LogP contribution in [0.3, 0.4) is 0 Å². The molecule has 1 spiro atoms. The topological polar surface area (TPSA) is 65.7 Å². The number of methoxy groups -OCH3 is 1. The fourth-order valence-corrected chi connectivity index (χ4v) is 3.27. The van der Waals surface area contributed by atoms with Gasteiger partial charge in [-0.05, 0) is 38.5 Å². The monoisotopic (exact) mass is 258 g/mol. The first-order chi connectivity index (χ1) is 8.71. The summed E-state index contributed by atoms with van der Waals surface area (Å²) in [7, 11) is 1.73. The van der Waals surface area contributed by atoms with Crippen LogP contribution in [0.2, 0.25) is 0 Å². The molecule has 2 aliphatic rings. The first-order valence-electron chi connectivity index (χ1n) is 6.91. The molecule has 18 heavy (non-hydrogen) atoms. The van der Waals surface area contributed by atoms with Crippen molar-refractivity contribution in [3.63, 3.8) is 0 Å². The lowest BCUT2D eigenvalue weighted by atomic mass is 9.77. The van der Waals surface area contributed by atoms with Crippen LogP contribution in [0.5, 0.6) is 0 Å². The lowest BCUT2D eigenvalue weighted by Crippen LogP contribution is -2.54. The number of hydrogen-bond acceptors (Lipinski definition) is 5. The normalized spacial score (nSPS) is 31.2. The van der Waals surface area contributed by atoms with E-state index < -0.39 is 0 Å². The van der Waals surface area contributed by atoms with Gasteiger partial charge in [0.2, 0.25) is 0 Å². The van der Waals surface area contributed by atoms with Gasteiger partial charge >= 0.3 is 0 Å². The fourth-order valence-electron chi connectivity index (χ4n) is 3.27. The fraction of sp³-hybridized carbons (Fsp3) is 1.00. The summed E-state index contributed by atoms with van der Waals surface area (Å²) in [6, 6.07) is 0.193. The third kappa shape index (κ3) is 3.03. The second-order valence-electron chi connectivity index (χ2n) is 5.53.